The molecule has 0 bridgehead atoms. The highest BCUT2D eigenvalue weighted by molar-refractivity contribution is 6.28. The zero-order valence-corrected chi connectivity index (χ0v) is 11.4. The number of nitrogens with one attached hydrogen (secondary N) is 1. The lowest BCUT2D eigenvalue weighted by Gasteiger charge is -2.51. The molecule has 94 valence electrons. The first kappa shape index (κ1) is 12.6. The summed E-state index contributed by atoms with van der Waals surface area (Å²) in [5.74, 6) is 0.787. The summed E-state index contributed by atoms with van der Waals surface area (Å²) < 4.78 is 5.42. The Hall–Kier alpha value is -0.870. The van der Waals surface area contributed by atoms with Crippen molar-refractivity contribution in [3.63, 3.8) is 0 Å². The van der Waals surface area contributed by atoms with Gasteiger partial charge >= 0.3 is 0 Å². The van der Waals surface area contributed by atoms with E-state index in [1.807, 2.05) is 13.0 Å². The molecular formula is C12H18ClN3O. The van der Waals surface area contributed by atoms with E-state index in [0.29, 0.717) is 12.1 Å². The summed E-state index contributed by atoms with van der Waals surface area (Å²) in [6, 6.07) is 2.26. The second kappa shape index (κ2) is 4.42. The largest absolute Gasteiger partial charge is 0.381 e. The molecule has 1 N–H and O–H groups in total. The van der Waals surface area contributed by atoms with Crippen molar-refractivity contribution in [2.24, 2.45) is 5.41 Å². The number of hydrogen-bond donors (Lipinski definition) is 1. The molecule has 1 aromatic rings. The van der Waals surface area contributed by atoms with Crippen LogP contribution < -0.4 is 5.32 Å². The lowest BCUT2D eigenvalue weighted by molar-refractivity contribution is -0.0795. The van der Waals surface area contributed by atoms with Crippen molar-refractivity contribution in [2.45, 2.75) is 39.3 Å². The first-order chi connectivity index (χ1) is 7.93. The maximum absolute atomic E-state index is 5.83. The van der Waals surface area contributed by atoms with Gasteiger partial charge < -0.3 is 10.1 Å². The Kier molecular flexibility index (Phi) is 3.27. The topological polar surface area (TPSA) is 47.0 Å². The van der Waals surface area contributed by atoms with Gasteiger partial charge in [-0.25, -0.2) is 9.97 Å². The summed E-state index contributed by atoms with van der Waals surface area (Å²) in [6.07, 6.45) is 1.29. The first-order valence-electron chi connectivity index (χ1n) is 5.74. The van der Waals surface area contributed by atoms with Crippen LogP contribution in [-0.4, -0.2) is 29.2 Å². The average molecular weight is 256 g/mol. The van der Waals surface area contributed by atoms with Gasteiger partial charge in [0, 0.05) is 30.3 Å². The quantitative estimate of drug-likeness (QED) is 0.844. The van der Waals surface area contributed by atoms with Crippen molar-refractivity contribution in [2.75, 3.05) is 12.4 Å². The summed E-state index contributed by atoms with van der Waals surface area (Å²) in [6.45, 7) is 6.29. The fourth-order valence-electron chi connectivity index (χ4n) is 2.32. The predicted octanol–water partition coefficient (Wildman–Crippen LogP) is 2.66. The van der Waals surface area contributed by atoms with E-state index in [-0.39, 0.29) is 10.7 Å². The first-order valence-corrected chi connectivity index (χ1v) is 6.12. The molecule has 1 aliphatic carbocycles. The number of anilines is 1. The van der Waals surface area contributed by atoms with Crippen LogP contribution in [0, 0.1) is 12.3 Å². The number of methoxy groups -OCH3 is 1. The average Bonchev–Trinajstić information content (AvgIpc) is 2.22. The molecule has 1 saturated carbocycles. The molecule has 0 spiro atoms. The van der Waals surface area contributed by atoms with E-state index in [1.54, 1.807) is 7.11 Å². The maximum atomic E-state index is 5.83. The SMILES string of the molecule is COC1CC(Nc2cc(C)nc(Cl)n2)C1(C)C. The summed E-state index contributed by atoms with van der Waals surface area (Å²) in [7, 11) is 1.76. The van der Waals surface area contributed by atoms with Crippen LogP contribution in [0.4, 0.5) is 5.82 Å². The molecule has 1 heterocycles. The zero-order chi connectivity index (χ0) is 12.6. The van der Waals surface area contributed by atoms with E-state index in [4.69, 9.17) is 16.3 Å². The van der Waals surface area contributed by atoms with E-state index in [1.165, 1.54) is 0 Å². The Morgan fingerprint density at radius 3 is 2.71 bits per heavy atom. The Morgan fingerprint density at radius 1 is 1.47 bits per heavy atom. The molecule has 0 saturated heterocycles. The van der Waals surface area contributed by atoms with Crippen molar-refractivity contribution >= 4 is 17.4 Å². The standard InChI is InChI=1S/C12H18ClN3O/c1-7-5-10(16-11(13)14-7)15-8-6-9(17-4)12(8,2)3/h5,8-9H,6H2,1-4H3,(H,14,15,16). The second-order valence-corrected chi connectivity index (χ2v) is 5.48. The second-order valence-electron chi connectivity index (χ2n) is 5.14. The number of halogens is 1. The van der Waals surface area contributed by atoms with Crippen LogP contribution in [-0.2, 0) is 4.74 Å². The van der Waals surface area contributed by atoms with Crippen LogP contribution in [0.2, 0.25) is 5.28 Å². The summed E-state index contributed by atoms with van der Waals surface area (Å²) in [5.41, 5.74) is 0.980. The lowest BCUT2D eigenvalue weighted by atomic mass is 9.64. The summed E-state index contributed by atoms with van der Waals surface area (Å²) >= 11 is 5.83. The van der Waals surface area contributed by atoms with Gasteiger partial charge in [0.2, 0.25) is 5.28 Å². The molecule has 17 heavy (non-hydrogen) atoms. The Labute approximate surface area is 107 Å². The van der Waals surface area contributed by atoms with Crippen LogP contribution in [0.5, 0.6) is 0 Å². The minimum Gasteiger partial charge on any atom is -0.381 e. The highest BCUT2D eigenvalue weighted by Crippen LogP contribution is 2.43. The molecule has 1 aromatic heterocycles. The van der Waals surface area contributed by atoms with Gasteiger partial charge in [0.05, 0.1) is 6.10 Å². The number of nitrogens with zero attached hydrogens (tertiary/aromatic N) is 2. The number of aromatic nitrogens is 2. The monoisotopic (exact) mass is 255 g/mol. The number of rotatable bonds is 3. The number of ether oxygens (including phenoxy) is 1. The van der Waals surface area contributed by atoms with Gasteiger partial charge in [0.25, 0.3) is 0 Å². The molecule has 2 unspecified atom stereocenters. The molecule has 4 nitrogen and oxygen atoms in total. The molecule has 0 aromatic carbocycles. The predicted molar refractivity (Wildman–Crippen MR) is 68.4 cm³/mol. The molecule has 1 aliphatic rings. The molecule has 0 aliphatic heterocycles. The third-order valence-electron chi connectivity index (χ3n) is 3.61. The Bertz CT molecular complexity index is 402. The van der Waals surface area contributed by atoms with Gasteiger partial charge in [-0.05, 0) is 24.9 Å². The molecule has 0 amide bonds. The molecule has 0 radical (unpaired) electrons. The maximum Gasteiger partial charge on any atom is 0.224 e. The lowest BCUT2D eigenvalue weighted by Crippen LogP contribution is -2.57. The van der Waals surface area contributed by atoms with E-state index < -0.39 is 0 Å². The molecule has 2 rings (SSSR count). The Balaban J connectivity index is 2.08. The van der Waals surface area contributed by atoms with E-state index in [2.05, 4.69) is 29.1 Å². The molecule has 1 fully saturated rings. The van der Waals surface area contributed by atoms with Gasteiger partial charge in [-0.1, -0.05) is 13.8 Å². The Morgan fingerprint density at radius 2 is 2.18 bits per heavy atom. The van der Waals surface area contributed by atoms with Gasteiger partial charge in [-0.3, -0.25) is 0 Å². The normalized spacial score (nSPS) is 26.4. The third-order valence-corrected chi connectivity index (χ3v) is 3.78. The van der Waals surface area contributed by atoms with Crippen LogP contribution in [0.3, 0.4) is 0 Å². The minimum atomic E-state index is 0.111. The van der Waals surface area contributed by atoms with E-state index in [0.717, 1.165) is 17.9 Å². The van der Waals surface area contributed by atoms with Gasteiger partial charge in [-0.2, -0.15) is 0 Å². The number of aryl methyl sites for hydroxylation is 1. The fourth-order valence-corrected chi connectivity index (χ4v) is 2.54. The highest BCUT2D eigenvalue weighted by Gasteiger charge is 2.48. The van der Waals surface area contributed by atoms with Crippen LogP contribution in [0.1, 0.15) is 26.0 Å². The van der Waals surface area contributed by atoms with Crippen molar-refractivity contribution in [3.8, 4) is 0 Å². The van der Waals surface area contributed by atoms with Crippen molar-refractivity contribution in [1.82, 2.24) is 9.97 Å². The van der Waals surface area contributed by atoms with E-state index in [9.17, 15) is 0 Å². The molecular weight excluding hydrogens is 238 g/mol. The molecule has 5 heteroatoms. The minimum absolute atomic E-state index is 0.111. The van der Waals surface area contributed by atoms with Crippen LogP contribution >= 0.6 is 11.6 Å². The molecule has 2 atom stereocenters. The summed E-state index contributed by atoms with van der Waals surface area (Å²) in [4.78, 5) is 8.22. The number of hydrogen-bond acceptors (Lipinski definition) is 4. The smallest absolute Gasteiger partial charge is 0.224 e. The van der Waals surface area contributed by atoms with Crippen LogP contribution in [0.25, 0.3) is 0 Å². The van der Waals surface area contributed by atoms with Crippen molar-refractivity contribution < 1.29 is 4.74 Å². The van der Waals surface area contributed by atoms with Crippen molar-refractivity contribution in [3.05, 3.63) is 17.0 Å². The summed E-state index contributed by atoms with van der Waals surface area (Å²) in [5, 5.41) is 3.68. The highest BCUT2D eigenvalue weighted by atomic mass is 35.5. The van der Waals surface area contributed by atoms with Gasteiger partial charge in [0.1, 0.15) is 5.82 Å². The zero-order valence-electron chi connectivity index (χ0n) is 10.6. The van der Waals surface area contributed by atoms with Gasteiger partial charge in [0.15, 0.2) is 0 Å². The fraction of sp³-hybridized carbons (Fsp3) is 0.667. The third kappa shape index (κ3) is 2.38. The van der Waals surface area contributed by atoms with Crippen LogP contribution in [0.15, 0.2) is 6.07 Å². The van der Waals surface area contributed by atoms with E-state index >= 15 is 0 Å². The van der Waals surface area contributed by atoms with Crippen molar-refractivity contribution in [1.29, 1.82) is 0 Å². The van der Waals surface area contributed by atoms with Gasteiger partial charge in [-0.15, -0.1) is 0 Å².